The number of hydrogen-bond acceptors (Lipinski definition) is 5. The molecule has 0 aromatic heterocycles. The molecule has 124 valence electrons. The number of carbonyl (C=O) groups excluding carboxylic acids is 1. The monoisotopic (exact) mass is 332 g/mol. The summed E-state index contributed by atoms with van der Waals surface area (Å²) < 4.78 is 0. The Morgan fingerprint density at radius 3 is 1.44 bits per heavy atom. The number of allylic oxidation sites excluding steroid dienone is 2. The van der Waals surface area contributed by atoms with Gasteiger partial charge < -0.3 is 0 Å². The van der Waals surface area contributed by atoms with Crippen LogP contribution in [0.3, 0.4) is 0 Å². The Morgan fingerprint density at radius 2 is 1.08 bits per heavy atom. The second-order valence-corrected chi connectivity index (χ2v) is 5.89. The molecule has 0 amide bonds. The number of carbonyl (C=O) groups is 1. The molecule has 25 heavy (non-hydrogen) atoms. The van der Waals surface area contributed by atoms with Crippen LogP contribution in [0.1, 0.15) is 30.4 Å². The predicted molar refractivity (Wildman–Crippen MR) is 98.6 cm³/mol. The topological polar surface area (TPSA) is 75.9 Å². The summed E-state index contributed by atoms with van der Waals surface area (Å²) in [6.07, 6.45) is 6.10. The highest BCUT2D eigenvalue weighted by molar-refractivity contribution is 6.13. The lowest BCUT2D eigenvalue weighted by Gasteiger charge is -2.16. The summed E-state index contributed by atoms with van der Waals surface area (Å²) in [6, 6.07) is 13.6. The molecule has 3 rings (SSSR count). The average Bonchev–Trinajstić information content (AvgIpc) is 2.66. The van der Waals surface area contributed by atoms with Crippen LogP contribution in [0.2, 0.25) is 0 Å². The Morgan fingerprint density at radius 1 is 0.680 bits per heavy atom. The third-order valence-electron chi connectivity index (χ3n) is 4.15. The first kappa shape index (κ1) is 16.6. The molecule has 5 heteroatoms. The second-order valence-electron chi connectivity index (χ2n) is 5.89. The smallest absolute Gasteiger partial charge is 0.185 e. The average molecular weight is 332 g/mol. The van der Waals surface area contributed by atoms with Gasteiger partial charge in [-0.2, -0.15) is 0 Å². The minimum Gasteiger partial charge on any atom is -0.289 e. The molecule has 0 saturated heterocycles. The molecule has 0 aliphatic heterocycles. The summed E-state index contributed by atoms with van der Waals surface area (Å²) >= 11 is 0. The van der Waals surface area contributed by atoms with Crippen molar-refractivity contribution < 1.29 is 4.79 Å². The molecule has 0 radical (unpaired) electrons. The van der Waals surface area contributed by atoms with E-state index in [-0.39, 0.29) is 5.78 Å². The van der Waals surface area contributed by atoms with Crippen molar-refractivity contribution in [3.63, 3.8) is 0 Å². The van der Waals surface area contributed by atoms with Crippen molar-refractivity contribution in [1.82, 2.24) is 0 Å². The van der Waals surface area contributed by atoms with E-state index in [2.05, 4.69) is 10.4 Å². The fraction of sp³-hybridized carbons (Fsp3) is 0.150. The van der Waals surface area contributed by atoms with Crippen LogP contribution in [0, 0.1) is 9.81 Å². The van der Waals surface area contributed by atoms with Crippen molar-refractivity contribution in [3.8, 4) is 0 Å². The van der Waals surface area contributed by atoms with E-state index in [1.165, 1.54) is 0 Å². The Labute approximate surface area is 145 Å². The van der Waals surface area contributed by atoms with Gasteiger partial charge in [0.1, 0.15) is 11.4 Å². The van der Waals surface area contributed by atoms with Crippen LogP contribution in [0.25, 0.3) is 12.2 Å². The Kier molecular flexibility index (Phi) is 5.04. The fourth-order valence-electron chi connectivity index (χ4n) is 2.84. The van der Waals surface area contributed by atoms with Gasteiger partial charge >= 0.3 is 0 Å². The van der Waals surface area contributed by atoms with Gasteiger partial charge in [0, 0.05) is 11.1 Å². The van der Waals surface area contributed by atoms with E-state index in [0.717, 1.165) is 41.5 Å². The summed E-state index contributed by atoms with van der Waals surface area (Å²) in [5.41, 5.74) is 4.00. The summed E-state index contributed by atoms with van der Waals surface area (Å²) in [4.78, 5) is 33.6. The molecule has 0 unspecified atom stereocenters. The Bertz CT molecular complexity index is 791. The molecule has 1 saturated carbocycles. The lowest BCUT2D eigenvalue weighted by atomic mass is 9.87. The molecule has 2 aromatic carbocycles. The normalized spacial score (nSPS) is 17.7. The van der Waals surface area contributed by atoms with Crippen molar-refractivity contribution in [2.45, 2.75) is 19.3 Å². The number of nitrogens with zero attached hydrogens (tertiary/aromatic N) is 2. The first-order valence-electron chi connectivity index (χ1n) is 8.02. The van der Waals surface area contributed by atoms with Crippen LogP contribution in [-0.2, 0) is 4.79 Å². The van der Waals surface area contributed by atoms with Crippen LogP contribution in [0.15, 0.2) is 70.0 Å². The van der Waals surface area contributed by atoms with E-state index in [1.807, 2.05) is 12.2 Å². The zero-order chi connectivity index (χ0) is 17.6. The van der Waals surface area contributed by atoms with Crippen molar-refractivity contribution in [3.05, 3.63) is 80.6 Å². The van der Waals surface area contributed by atoms with E-state index in [9.17, 15) is 14.6 Å². The van der Waals surface area contributed by atoms with Gasteiger partial charge in [-0.25, -0.2) is 0 Å². The van der Waals surface area contributed by atoms with Crippen molar-refractivity contribution >= 4 is 29.3 Å². The van der Waals surface area contributed by atoms with Gasteiger partial charge in [-0.05, 0) is 77.2 Å². The highest BCUT2D eigenvalue weighted by Crippen LogP contribution is 2.28. The summed E-state index contributed by atoms with van der Waals surface area (Å²) in [5.74, 6) is 0.0430. The van der Waals surface area contributed by atoms with Crippen LogP contribution in [-0.4, -0.2) is 5.78 Å². The van der Waals surface area contributed by atoms with Crippen molar-refractivity contribution in [2.24, 2.45) is 10.4 Å². The molecular weight excluding hydrogens is 316 g/mol. The Balaban J connectivity index is 1.84. The second kappa shape index (κ2) is 7.57. The third-order valence-corrected chi connectivity index (χ3v) is 4.15. The van der Waals surface area contributed by atoms with Gasteiger partial charge in [0.2, 0.25) is 0 Å². The van der Waals surface area contributed by atoms with E-state index >= 15 is 0 Å². The first-order valence-corrected chi connectivity index (χ1v) is 8.02. The highest BCUT2D eigenvalue weighted by Gasteiger charge is 2.20. The maximum atomic E-state index is 12.7. The first-order chi connectivity index (χ1) is 12.2. The maximum Gasteiger partial charge on any atom is 0.185 e. The van der Waals surface area contributed by atoms with E-state index in [0.29, 0.717) is 11.4 Å². The van der Waals surface area contributed by atoms with Crippen LogP contribution in [0.5, 0.6) is 0 Å². The van der Waals surface area contributed by atoms with E-state index in [4.69, 9.17) is 0 Å². The lowest BCUT2D eigenvalue weighted by Crippen LogP contribution is -2.12. The summed E-state index contributed by atoms with van der Waals surface area (Å²) in [6.45, 7) is 0. The molecule has 0 N–H and O–H groups in total. The molecule has 0 spiro atoms. The van der Waals surface area contributed by atoms with Gasteiger partial charge in [-0.3, -0.25) is 4.79 Å². The zero-order valence-electron chi connectivity index (χ0n) is 13.5. The van der Waals surface area contributed by atoms with Crippen molar-refractivity contribution in [2.75, 3.05) is 0 Å². The van der Waals surface area contributed by atoms with Gasteiger partial charge in [-0.15, -0.1) is 9.81 Å². The number of Topliss-reactive ketones (excluding diaryl/α,β-unsaturated/α-hetero) is 1. The quantitative estimate of drug-likeness (QED) is 0.532. The number of rotatable bonds is 4. The molecule has 0 heterocycles. The number of nitroso groups, excluding NO2 is 2. The van der Waals surface area contributed by atoms with Crippen LogP contribution < -0.4 is 0 Å². The third kappa shape index (κ3) is 4.01. The molecule has 1 aliphatic rings. The standard InChI is InChI=1S/C20H16N2O3/c23-20-16(12-14-4-8-18(21-24)9-5-14)2-1-3-17(20)13-15-6-10-19(22-25)11-7-15/h4-13H,1-3H2. The van der Waals surface area contributed by atoms with Crippen molar-refractivity contribution in [1.29, 1.82) is 0 Å². The fourth-order valence-corrected chi connectivity index (χ4v) is 2.84. The highest BCUT2D eigenvalue weighted by atomic mass is 16.3. The molecular formula is C20H16N2O3. The van der Waals surface area contributed by atoms with Gasteiger partial charge in [-0.1, -0.05) is 24.3 Å². The SMILES string of the molecule is O=Nc1ccc(C=C2CCCC(=Cc3ccc(N=O)cc3)C2=O)cc1. The molecule has 0 atom stereocenters. The van der Waals surface area contributed by atoms with Gasteiger partial charge in [0.15, 0.2) is 5.78 Å². The largest absolute Gasteiger partial charge is 0.289 e. The lowest BCUT2D eigenvalue weighted by molar-refractivity contribution is -0.112. The predicted octanol–water partition coefficient (Wildman–Crippen LogP) is 5.70. The van der Waals surface area contributed by atoms with E-state index < -0.39 is 0 Å². The number of hydrogen-bond donors (Lipinski definition) is 0. The molecule has 1 aliphatic carbocycles. The number of ketones is 1. The summed E-state index contributed by atoms with van der Waals surface area (Å²) in [5, 5.41) is 5.74. The van der Waals surface area contributed by atoms with Crippen LogP contribution >= 0.6 is 0 Å². The Hall–Kier alpha value is -3.21. The molecule has 0 bridgehead atoms. The zero-order valence-corrected chi connectivity index (χ0v) is 13.5. The molecule has 5 nitrogen and oxygen atoms in total. The van der Waals surface area contributed by atoms with Crippen LogP contribution in [0.4, 0.5) is 11.4 Å². The molecule has 2 aromatic rings. The van der Waals surface area contributed by atoms with Gasteiger partial charge in [0.05, 0.1) is 0 Å². The number of benzene rings is 2. The summed E-state index contributed by atoms with van der Waals surface area (Å²) in [7, 11) is 0. The minimum absolute atomic E-state index is 0.0430. The minimum atomic E-state index is 0.0430. The maximum absolute atomic E-state index is 12.7. The van der Waals surface area contributed by atoms with E-state index in [1.54, 1.807) is 48.5 Å². The van der Waals surface area contributed by atoms with Gasteiger partial charge in [0.25, 0.3) is 0 Å². The molecule has 1 fully saturated rings.